The monoisotopic (exact) mass is 367 g/mol. The Morgan fingerprint density at radius 2 is 1.89 bits per heavy atom. The van der Waals surface area contributed by atoms with Gasteiger partial charge in [-0.2, -0.15) is 0 Å². The fraction of sp³-hybridized carbons (Fsp3) is 0.333. The molecule has 0 amide bonds. The van der Waals surface area contributed by atoms with Gasteiger partial charge in [0.25, 0.3) is 0 Å². The maximum atomic E-state index is 5.95. The lowest BCUT2D eigenvalue weighted by Gasteiger charge is -2.08. The van der Waals surface area contributed by atoms with Crippen LogP contribution in [0.25, 0.3) is 0 Å². The first kappa shape index (κ1) is 14.2. The van der Waals surface area contributed by atoms with Gasteiger partial charge in [-0.1, -0.05) is 25.1 Å². The van der Waals surface area contributed by atoms with Crippen molar-refractivity contribution in [2.24, 2.45) is 0 Å². The van der Waals surface area contributed by atoms with Gasteiger partial charge >= 0.3 is 0 Å². The largest absolute Gasteiger partial charge is 0.383 e. The van der Waals surface area contributed by atoms with E-state index in [1.807, 2.05) is 0 Å². The summed E-state index contributed by atoms with van der Waals surface area (Å²) in [5.41, 5.74) is 10.8. The number of benzene rings is 1. The molecular weight excluding hydrogens is 349 g/mol. The van der Waals surface area contributed by atoms with Crippen LogP contribution in [0.5, 0.6) is 0 Å². The molecule has 0 aliphatic heterocycles. The Bertz CT molecular complexity index is 609. The highest BCUT2D eigenvalue weighted by atomic mass is 127. The second-order valence-corrected chi connectivity index (χ2v) is 5.81. The van der Waals surface area contributed by atoms with Gasteiger partial charge in [0.2, 0.25) is 0 Å². The molecule has 0 saturated heterocycles. The van der Waals surface area contributed by atoms with Crippen LogP contribution in [-0.2, 0) is 12.8 Å². The quantitative estimate of drug-likeness (QED) is 0.846. The fourth-order valence-corrected chi connectivity index (χ4v) is 2.60. The third-order valence-corrected chi connectivity index (χ3v) is 4.44. The molecule has 0 unspecified atom stereocenters. The second kappa shape index (κ2) is 5.86. The first-order valence-electron chi connectivity index (χ1n) is 6.38. The lowest BCUT2D eigenvalue weighted by molar-refractivity contribution is 0.900. The van der Waals surface area contributed by atoms with Crippen molar-refractivity contribution in [3.8, 4) is 0 Å². The van der Waals surface area contributed by atoms with E-state index in [4.69, 9.17) is 5.73 Å². The molecule has 0 atom stereocenters. The number of hydrogen-bond acceptors (Lipinski definition) is 3. The minimum absolute atomic E-state index is 0.589. The molecule has 1 aromatic heterocycles. The molecule has 0 aliphatic carbocycles. The van der Waals surface area contributed by atoms with Crippen molar-refractivity contribution < 1.29 is 0 Å². The zero-order valence-electron chi connectivity index (χ0n) is 11.5. The van der Waals surface area contributed by atoms with Crippen LogP contribution in [-0.4, -0.2) is 9.97 Å². The maximum absolute atomic E-state index is 5.95. The molecule has 1 aromatic carbocycles. The first-order valence-corrected chi connectivity index (χ1v) is 7.46. The smallest absolute Gasteiger partial charge is 0.140 e. The molecule has 2 N–H and O–H groups in total. The molecule has 4 heteroatoms. The summed E-state index contributed by atoms with van der Waals surface area (Å²) in [5, 5.41) is 0. The summed E-state index contributed by atoms with van der Waals surface area (Å²) in [6, 6.07) is 6.46. The third kappa shape index (κ3) is 3.23. The number of rotatable bonds is 3. The highest BCUT2D eigenvalue weighted by molar-refractivity contribution is 14.1. The standard InChI is InChI=1S/C15H18IN3/c1-4-12-14(16)15(17)19-13(18-12)8-11-6-5-9(2)10(3)7-11/h5-7H,4,8H2,1-3H3,(H2,17,18,19). The van der Waals surface area contributed by atoms with E-state index in [9.17, 15) is 0 Å². The van der Waals surface area contributed by atoms with Crippen molar-refractivity contribution in [3.63, 3.8) is 0 Å². The predicted molar refractivity (Wildman–Crippen MR) is 87.3 cm³/mol. The number of halogens is 1. The van der Waals surface area contributed by atoms with Crippen molar-refractivity contribution in [2.75, 3.05) is 5.73 Å². The van der Waals surface area contributed by atoms with E-state index in [1.165, 1.54) is 16.7 Å². The summed E-state index contributed by atoms with van der Waals surface area (Å²) in [4.78, 5) is 8.99. The van der Waals surface area contributed by atoms with Gasteiger partial charge in [-0.05, 0) is 59.5 Å². The van der Waals surface area contributed by atoms with Crippen LogP contribution in [0.4, 0.5) is 5.82 Å². The second-order valence-electron chi connectivity index (χ2n) is 4.73. The lowest BCUT2D eigenvalue weighted by Crippen LogP contribution is -2.07. The summed E-state index contributed by atoms with van der Waals surface area (Å²) in [7, 11) is 0. The van der Waals surface area contributed by atoms with Crippen LogP contribution < -0.4 is 5.73 Å². The Balaban J connectivity index is 2.32. The number of aryl methyl sites for hydroxylation is 3. The van der Waals surface area contributed by atoms with E-state index in [0.29, 0.717) is 5.82 Å². The summed E-state index contributed by atoms with van der Waals surface area (Å²) >= 11 is 2.21. The van der Waals surface area contributed by atoms with Crippen LogP contribution in [0, 0.1) is 17.4 Å². The highest BCUT2D eigenvalue weighted by Crippen LogP contribution is 2.19. The van der Waals surface area contributed by atoms with Gasteiger partial charge in [0.15, 0.2) is 0 Å². The topological polar surface area (TPSA) is 51.8 Å². The third-order valence-electron chi connectivity index (χ3n) is 3.26. The van der Waals surface area contributed by atoms with E-state index in [0.717, 1.165) is 27.9 Å². The van der Waals surface area contributed by atoms with E-state index < -0.39 is 0 Å². The Labute approximate surface area is 127 Å². The van der Waals surface area contributed by atoms with Crippen molar-refractivity contribution in [3.05, 3.63) is 50.0 Å². The molecule has 0 saturated carbocycles. The molecule has 2 aromatic rings. The average Bonchev–Trinajstić information content (AvgIpc) is 2.38. The van der Waals surface area contributed by atoms with Crippen molar-refractivity contribution in [1.29, 1.82) is 0 Å². The Morgan fingerprint density at radius 1 is 1.16 bits per heavy atom. The fourth-order valence-electron chi connectivity index (χ4n) is 1.98. The maximum Gasteiger partial charge on any atom is 0.140 e. The summed E-state index contributed by atoms with van der Waals surface area (Å²) in [6.45, 7) is 6.33. The van der Waals surface area contributed by atoms with Gasteiger partial charge in [-0.15, -0.1) is 0 Å². The Morgan fingerprint density at radius 3 is 2.53 bits per heavy atom. The SMILES string of the molecule is CCc1nc(Cc2ccc(C)c(C)c2)nc(N)c1I. The molecule has 2 rings (SSSR count). The van der Waals surface area contributed by atoms with Crippen LogP contribution in [0.15, 0.2) is 18.2 Å². The molecule has 3 nitrogen and oxygen atoms in total. The van der Waals surface area contributed by atoms with E-state index >= 15 is 0 Å². The summed E-state index contributed by atoms with van der Waals surface area (Å²) < 4.78 is 0.976. The van der Waals surface area contributed by atoms with Crippen LogP contribution in [0.1, 0.15) is 35.1 Å². The molecule has 0 aliphatic rings. The van der Waals surface area contributed by atoms with E-state index in [1.54, 1.807) is 0 Å². The molecule has 0 bridgehead atoms. The van der Waals surface area contributed by atoms with Gasteiger partial charge in [-0.3, -0.25) is 0 Å². The predicted octanol–water partition coefficient (Wildman–Crippen LogP) is 3.43. The van der Waals surface area contributed by atoms with Crippen molar-refractivity contribution >= 4 is 28.4 Å². The minimum atomic E-state index is 0.589. The number of nitrogens with two attached hydrogens (primary N) is 1. The molecule has 19 heavy (non-hydrogen) atoms. The van der Waals surface area contributed by atoms with E-state index in [-0.39, 0.29) is 0 Å². The van der Waals surface area contributed by atoms with Gasteiger partial charge in [0.1, 0.15) is 11.6 Å². The van der Waals surface area contributed by atoms with Crippen LogP contribution >= 0.6 is 22.6 Å². The van der Waals surface area contributed by atoms with Gasteiger partial charge in [-0.25, -0.2) is 9.97 Å². The lowest BCUT2D eigenvalue weighted by atomic mass is 10.0. The van der Waals surface area contributed by atoms with E-state index in [2.05, 4.69) is 71.5 Å². The molecule has 100 valence electrons. The number of hydrogen-bond donors (Lipinski definition) is 1. The normalized spacial score (nSPS) is 10.7. The zero-order valence-corrected chi connectivity index (χ0v) is 13.7. The Hall–Kier alpha value is -1.17. The number of anilines is 1. The van der Waals surface area contributed by atoms with Crippen molar-refractivity contribution in [1.82, 2.24) is 9.97 Å². The first-order chi connectivity index (χ1) is 9.01. The van der Waals surface area contributed by atoms with Crippen LogP contribution in [0.2, 0.25) is 0 Å². The number of nitrogen functional groups attached to an aromatic ring is 1. The molecule has 0 spiro atoms. The van der Waals surface area contributed by atoms with Crippen LogP contribution in [0.3, 0.4) is 0 Å². The molecule has 0 fully saturated rings. The van der Waals surface area contributed by atoms with Gasteiger partial charge < -0.3 is 5.73 Å². The summed E-state index contributed by atoms with van der Waals surface area (Å²) in [6.07, 6.45) is 1.61. The summed E-state index contributed by atoms with van der Waals surface area (Å²) in [5.74, 6) is 1.39. The van der Waals surface area contributed by atoms with Crippen molar-refractivity contribution in [2.45, 2.75) is 33.6 Å². The average molecular weight is 367 g/mol. The Kier molecular flexibility index (Phi) is 4.39. The highest BCUT2D eigenvalue weighted by Gasteiger charge is 2.09. The molecule has 0 radical (unpaired) electrons. The molecular formula is C15H18IN3. The van der Waals surface area contributed by atoms with Gasteiger partial charge in [0, 0.05) is 6.42 Å². The molecule has 1 heterocycles. The zero-order chi connectivity index (χ0) is 14.0. The minimum Gasteiger partial charge on any atom is -0.383 e. The number of aromatic nitrogens is 2. The van der Waals surface area contributed by atoms with Gasteiger partial charge in [0.05, 0.1) is 9.26 Å². The number of nitrogens with zero attached hydrogens (tertiary/aromatic N) is 2.